The van der Waals surface area contributed by atoms with Crippen molar-refractivity contribution in [3.63, 3.8) is 0 Å². The lowest BCUT2D eigenvalue weighted by atomic mass is 10.2. The summed E-state index contributed by atoms with van der Waals surface area (Å²) in [6, 6.07) is 11.4. The topological polar surface area (TPSA) is 119 Å². The number of halogens is 2. The number of carbonyl (C=O) groups excluding carboxylic acids is 1. The van der Waals surface area contributed by atoms with Gasteiger partial charge in [0.05, 0.1) is 28.2 Å². The molecule has 0 saturated heterocycles. The number of rotatable bonds is 6. The molecule has 0 fully saturated rings. The lowest BCUT2D eigenvalue weighted by molar-refractivity contribution is 0.0996. The van der Waals surface area contributed by atoms with Crippen molar-refractivity contribution in [2.75, 3.05) is 16.3 Å². The fourth-order valence-corrected chi connectivity index (χ4v) is 3.60. The van der Waals surface area contributed by atoms with Crippen LogP contribution in [0.25, 0.3) is 5.69 Å². The van der Waals surface area contributed by atoms with Crippen molar-refractivity contribution in [3.05, 3.63) is 64.4 Å². The molecule has 28 heavy (non-hydrogen) atoms. The fraction of sp³-hybridized carbons (Fsp3) is 0.0588. The zero-order chi connectivity index (χ0) is 20.5. The average molecular weight is 440 g/mol. The standard InChI is InChI=1S/C17H15Cl2N5O3S/c1-28(26,27)23-11-7-5-10(6-8-11)21-14-9-24(22-15(14)17(20)25)16-12(18)3-2-4-13(16)19/h2-9,21,23H,1H3,(H2,20,25). The molecule has 11 heteroatoms. The molecule has 0 radical (unpaired) electrons. The molecule has 0 spiro atoms. The number of nitrogens with zero attached hydrogens (tertiary/aromatic N) is 2. The van der Waals surface area contributed by atoms with Crippen LogP contribution in [0.2, 0.25) is 10.0 Å². The predicted molar refractivity (Wildman–Crippen MR) is 110 cm³/mol. The van der Waals surface area contributed by atoms with Gasteiger partial charge in [-0.2, -0.15) is 5.10 Å². The third-order valence-electron chi connectivity index (χ3n) is 3.58. The van der Waals surface area contributed by atoms with Crippen LogP contribution in [0.4, 0.5) is 17.1 Å². The smallest absolute Gasteiger partial charge is 0.271 e. The van der Waals surface area contributed by atoms with E-state index < -0.39 is 15.9 Å². The van der Waals surface area contributed by atoms with Gasteiger partial charge in [0, 0.05) is 11.4 Å². The first-order valence-electron chi connectivity index (χ1n) is 7.83. The Bertz CT molecular complexity index is 1120. The van der Waals surface area contributed by atoms with E-state index in [9.17, 15) is 13.2 Å². The van der Waals surface area contributed by atoms with Gasteiger partial charge in [0.2, 0.25) is 10.0 Å². The maximum atomic E-state index is 11.8. The summed E-state index contributed by atoms with van der Waals surface area (Å²) in [5.41, 5.74) is 7.17. The van der Waals surface area contributed by atoms with Gasteiger partial charge in [0.15, 0.2) is 5.69 Å². The molecule has 1 aromatic heterocycles. The highest BCUT2D eigenvalue weighted by molar-refractivity contribution is 7.92. The Kier molecular flexibility index (Phi) is 5.50. The van der Waals surface area contributed by atoms with Crippen molar-refractivity contribution in [2.45, 2.75) is 0 Å². The van der Waals surface area contributed by atoms with E-state index in [-0.39, 0.29) is 5.69 Å². The van der Waals surface area contributed by atoms with Gasteiger partial charge in [0.1, 0.15) is 5.69 Å². The van der Waals surface area contributed by atoms with E-state index >= 15 is 0 Å². The number of amides is 1. The molecular formula is C17H15Cl2N5O3S. The Hall–Kier alpha value is -2.75. The number of anilines is 3. The van der Waals surface area contributed by atoms with Crippen LogP contribution in [0.15, 0.2) is 48.7 Å². The molecule has 0 aliphatic heterocycles. The second-order valence-corrected chi connectivity index (χ2v) is 8.41. The van der Waals surface area contributed by atoms with E-state index in [1.54, 1.807) is 42.5 Å². The molecule has 0 aliphatic rings. The highest BCUT2D eigenvalue weighted by atomic mass is 35.5. The van der Waals surface area contributed by atoms with Gasteiger partial charge in [-0.05, 0) is 36.4 Å². The zero-order valence-corrected chi connectivity index (χ0v) is 16.8. The minimum absolute atomic E-state index is 0.00526. The molecule has 8 nitrogen and oxygen atoms in total. The van der Waals surface area contributed by atoms with E-state index in [1.165, 1.54) is 10.9 Å². The predicted octanol–water partition coefficient (Wildman–Crippen LogP) is 3.39. The van der Waals surface area contributed by atoms with Crippen molar-refractivity contribution < 1.29 is 13.2 Å². The Morgan fingerprint density at radius 1 is 1.07 bits per heavy atom. The summed E-state index contributed by atoms with van der Waals surface area (Å²) in [5, 5.41) is 7.92. The maximum absolute atomic E-state index is 11.8. The summed E-state index contributed by atoms with van der Waals surface area (Å²) < 4.78 is 26.3. The second-order valence-electron chi connectivity index (χ2n) is 5.85. The zero-order valence-electron chi connectivity index (χ0n) is 14.5. The highest BCUT2D eigenvalue weighted by Crippen LogP contribution is 2.30. The number of sulfonamides is 1. The van der Waals surface area contributed by atoms with Gasteiger partial charge in [0.25, 0.3) is 5.91 Å². The summed E-state index contributed by atoms with van der Waals surface area (Å²) in [6.07, 6.45) is 2.60. The van der Waals surface area contributed by atoms with Gasteiger partial charge < -0.3 is 11.1 Å². The largest absolute Gasteiger partial charge is 0.364 e. The Morgan fingerprint density at radius 2 is 1.64 bits per heavy atom. The van der Waals surface area contributed by atoms with Crippen LogP contribution in [0.5, 0.6) is 0 Å². The number of primary amides is 1. The third kappa shape index (κ3) is 4.56. The SMILES string of the molecule is CS(=O)(=O)Nc1ccc(Nc2cn(-c3c(Cl)cccc3Cl)nc2C(N)=O)cc1. The fourth-order valence-electron chi connectivity index (χ4n) is 2.46. The van der Waals surface area contributed by atoms with Crippen molar-refractivity contribution in [1.29, 1.82) is 0 Å². The van der Waals surface area contributed by atoms with Gasteiger partial charge in [-0.3, -0.25) is 9.52 Å². The number of carbonyl (C=O) groups is 1. The quantitative estimate of drug-likeness (QED) is 0.543. The molecule has 2 aromatic carbocycles. The van der Waals surface area contributed by atoms with Crippen LogP contribution in [0, 0.1) is 0 Å². The molecule has 3 aromatic rings. The molecule has 0 aliphatic carbocycles. The van der Waals surface area contributed by atoms with Gasteiger partial charge in [-0.25, -0.2) is 13.1 Å². The number of hydrogen-bond acceptors (Lipinski definition) is 5. The Morgan fingerprint density at radius 3 is 2.18 bits per heavy atom. The van der Waals surface area contributed by atoms with Gasteiger partial charge >= 0.3 is 0 Å². The molecule has 4 N–H and O–H groups in total. The monoisotopic (exact) mass is 439 g/mol. The first kappa shape index (κ1) is 20.0. The van der Waals surface area contributed by atoms with Crippen molar-refractivity contribution >= 4 is 56.2 Å². The van der Waals surface area contributed by atoms with E-state index in [1.807, 2.05) is 0 Å². The van der Waals surface area contributed by atoms with Crippen LogP contribution in [-0.4, -0.2) is 30.4 Å². The molecule has 0 bridgehead atoms. The Labute approximate surface area is 171 Å². The van der Waals surface area contributed by atoms with Crippen molar-refractivity contribution in [1.82, 2.24) is 9.78 Å². The summed E-state index contributed by atoms with van der Waals surface area (Å²) >= 11 is 12.4. The number of nitrogens with two attached hydrogens (primary N) is 1. The highest BCUT2D eigenvalue weighted by Gasteiger charge is 2.18. The van der Waals surface area contributed by atoms with Crippen LogP contribution in [0.3, 0.4) is 0 Å². The molecule has 1 heterocycles. The summed E-state index contributed by atoms with van der Waals surface area (Å²) in [6.45, 7) is 0. The van der Waals surface area contributed by atoms with Crippen LogP contribution in [0.1, 0.15) is 10.5 Å². The van der Waals surface area contributed by atoms with Crippen LogP contribution in [-0.2, 0) is 10.0 Å². The summed E-state index contributed by atoms with van der Waals surface area (Å²) in [4.78, 5) is 11.8. The third-order valence-corrected chi connectivity index (χ3v) is 4.80. The number of benzene rings is 2. The maximum Gasteiger partial charge on any atom is 0.271 e. The van der Waals surface area contributed by atoms with E-state index in [4.69, 9.17) is 28.9 Å². The average Bonchev–Trinajstić information content (AvgIpc) is 2.99. The second kappa shape index (κ2) is 7.70. The summed E-state index contributed by atoms with van der Waals surface area (Å²) in [7, 11) is -3.37. The summed E-state index contributed by atoms with van der Waals surface area (Å²) in [5.74, 6) is -0.736. The van der Waals surface area contributed by atoms with Crippen LogP contribution >= 0.6 is 23.2 Å². The van der Waals surface area contributed by atoms with E-state index in [0.29, 0.717) is 32.8 Å². The molecular weight excluding hydrogens is 425 g/mol. The van der Waals surface area contributed by atoms with Gasteiger partial charge in [-0.15, -0.1) is 0 Å². The first-order chi connectivity index (χ1) is 13.1. The molecule has 0 saturated carbocycles. The van der Waals surface area contributed by atoms with Gasteiger partial charge in [-0.1, -0.05) is 29.3 Å². The minimum Gasteiger partial charge on any atom is -0.364 e. The first-order valence-corrected chi connectivity index (χ1v) is 10.5. The number of nitrogens with one attached hydrogen (secondary N) is 2. The van der Waals surface area contributed by atoms with E-state index in [0.717, 1.165) is 6.26 Å². The van der Waals surface area contributed by atoms with Crippen molar-refractivity contribution in [3.8, 4) is 5.69 Å². The van der Waals surface area contributed by atoms with Crippen LogP contribution < -0.4 is 15.8 Å². The molecule has 0 unspecified atom stereocenters. The lowest BCUT2D eigenvalue weighted by Crippen LogP contribution is -2.14. The Balaban J connectivity index is 1.94. The molecule has 3 rings (SSSR count). The van der Waals surface area contributed by atoms with Crippen molar-refractivity contribution in [2.24, 2.45) is 5.73 Å². The normalized spacial score (nSPS) is 11.2. The minimum atomic E-state index is -3.37. The number of aromatic nitrogens is 2. The molecule has 146 valence electrons. The van der Waals surface area contributed by atoms with E-state index in [2.05, 4.69) is 15.1 Å². The number of hydrogen-bond donors (Lipinski definition) is 3. The number of para-hydroxylation sites is 1. The lowest BCUT2D eigenvalue weighted by Gasteiger charge is -2.08. The molecule has 0 atom stereocenters. The molecule has 1 amide bonds.